The Balaban J connectivity index is 2.15. The molecule has 0 saturated heterocycles. The van der Waals surface area contributed by atoms with Crippen molar-refractivity contribution < 1.29 is 0 Å². The zero-order valence-corrected chi connectivity index (χ0v) is 16.7. The van der Waals surface area contributed by atoms with E-state index in [2.05, 4.69) is 53.0 Å². The maximum atomic E-state index is 3.98. The van der Waals surface area contributed by atoms with Gasteiger partial charge in [-0.05, 0) is 49.6 Å². The summed E-state index contributed by atoms with van der Waals surface area (Å²) in [7, 11) is 0. The van der Waals surface area contributed by atoms with E-state index < -0.39 is 0 Å². The Morgan fingerprint density at radius 3 is 1.57 bits per heavy atom. The van der Waals surface area contributed by atoms with Crippen LogP contribution in [0.15, 0.2) is 53.3 Å². The first-order valence-electron chi connectivity index (χ1n) is 6.40. The zero-order chi connectivity index (χ0) is 15.6. The van der Waals surface area contributed by atoms with Gasteiger partial charge in [-0.15, -0.1) is 22.7 Å². The molecule has 112 valence electrons. The molecule has 0 bridgehead atoms. The molecule has 0 nitrogen and oxygen atoms in total. The van der Waals surface area contributed by atoms with Crippen LogP contribution in [0.25, 0.3) is 0 Å². The molecule has 0 aliphatic heterocycles. The van der Waals surface area contributed by atoms with Crippen molar-refractivity contribution in [2.45, 2.75) is 45.9 Å². The molecule has 2 heterocycles. The first kappa shape index (κ1) is 17.3. The van der Waals surface area contributed by atoms with Crippen molar-refractivity contribution in [2.24, 2.45) is 0 Å². The van der Waals surface area contributed by atoms with Crippen LogP contribution in [0.2, 0.25) is 0 Å². The lowest BCUT2D eigenvalue weighted by Crippen LogP contribution is -1.67. The predicted molar refractivity (Wildman–Crippen MR) is 104 cm³/mol. The summed E-state index contributed by atoms with van der Waals surface area (Å²) in [4.78, 5) is 7.68. The molecule has 5 heteroatoms. The van der Waals surface area contributed by atoms with E-state index in [4.69, 9.17) is 0 Å². The molecule has 0 unspecified atom stereocenters. The second-order valence-electron chi connectivity index (χ2n) is 4.68. The number of hydrogen-bond acceptors (Lipinski definition) is 5. The number of rotatable bonds is 6. The van der Waals surface area contributed by atoms with Crippen LogP contribution in [0.4, 0.5) is 0 Å². The first-order chi connectivity index (χ1) is 9.85. The minimum absolute atomic E-state index is 1.14. The Labute approximate surface area is 148 Å². The summed E-state index contributed by atoms with van der Waals surface area (Å²) in [6.45, 7) is 16.4. The van der Waals surface area contributed by atoms with E-state index >= 15 is 0 Å². The van der Waals surface area contributed by atoms with Gasteiger partial charge in [0.05, 0.1) is 8.42 Å². The number of allylic oxidation sites excluding steroid dienone is 2. The minimum Gasteiger partial charge on any atom is -0.133 e. The van der Waals surface area contributed by atoms with Crippen molar-refractivity contribution in [1.29, 1.82) is 0 Å². The van der Waals surface area contributed by atoms with Crippen LogP contribution in [0.5, 0.6) is 0 Å². The second kappa shape index (κ2) is 7.47. The summed E-state index contributed by atoms with van der Waals surface area (Å²) in [6, 6.07) is 4.56. The van der Waals surface area contributed by atoms with Crippen molar-refractivity contribution in [3.63, 3.8) is 0 Å². The van der Waals surface area contributed by atoms with Gasteiger partial charge in [-0.3, -0.25) is 0 Å². The lowest BCUT2D eigenvalue weighted by Gasteiger charge is -1.96. The highest BCUT2D eigenvalue weighted by atomic mass is 32.2. The molecular formula is C16H18S5. The predicted octanol–water partition coefficient (Wildman–Crippen LogP) is 7.83. The maximum absolute atomic E-state index is 3.98. The average Bonchev–Trinajstić information content (AvgIpc) is 2.83. The number of thioether (sulfide) groups is 2. The fourth-order valence-electron chi connectivity index (χ4n) is 1.66. The van der Waals surface area contributed by atoms with Gasteiger partial charge in [-0.2, -0.15) is 0 Å². The highest BCUT2D eigenvalue weighted by Crippen LogP contribution is 2.45. The molecule has 0 aliphatic rings. The Hall–Kier alpha value is -0.0700. The molecule has 0 fully saturated rings. The molecule has 2 aromatic heterocycles. The average molecular weight is 371 g/mol. The molecule has 0 aliphatic carbocycles. The molecule has 0 radical (unpaired) electrons. The SMILES string of the molecule is C=C(C)Sc1cc(Sc2cc(SC(=C)C)c(C)s2)sc1C. The standard InChI is InChI=1S/C16H18S5/c1-9(2)17-13-7-15(19-11(13)5)21-16-8-14(12(6)20-16)18-10(3)4/h7-8H,1,3H2,2,4-6H3. The van der Waals surface area contributed by atoms with Crippen molar-refractivity contribution in [3.05, 3.63) is 44.9 Å². The van der Waals surface area contributed by atoms with Gasteiger partial charge in [-0.1, -0.05) is 48.4 Å². The van der Waals surface area contributed by atoms with E-state index in [1.165, 1.54) is 28.0 Å². The van der Waals surface area contributed by atoms with E-state index in [0.717, 1.165) is 9.81 Å². The summed E-state index contributed by atoms with van der Waals surface area (Å²) in [5.41, 5.74) is 0. The van der Waals surface area contributed by atoms with E-state index in [9.17, 15) is 0 Å². The molecule has 2 rings (SSSR count). The Morgan fingerprint density at radius 2 is 1.24 bits per heavy atom. The van der Waals surface area contributed by atoms with E-state index in [1.807, 2.05) is 34.4 Å². The summed E-state index contributed by atoms with van der Waals surface area (Å²) < 4.78 is 2.70. The Kier molecular flexibility index (Phi) is 6.15. The van der Waals surface area contributed by atoms with Crippen LogP contribution in [0.3, 0.4) is 0 Å². The van der Waals surface area contributed by atoms with Gasteiger partial charge >= 0.3 is 0 Å². The van der Waals surface area contributed by atoms with Gasteiger partial charge in [0, 0.05) is 19.5 Å². The second-order valence-corrected chi connectivity index (χ2v) is 11.5. The van der Waals surface area contributed by atoms with Crippen LogP contribution in [-0.4, -0.2) is 0 Å². The topological polar surface area (TPSA) is 0 Å². The molecule has 0 aromatic carbocycles. The van der Waals surface area contributed by atoms with Crippen LogP contribution < -0.4 is 0 Å². The van der Waals surface area contributed by atoms with Gasteiger partial charge in [0.25, 0.3) is 0 Å². The highest BCUT2D eigenvalue weighted by Gasteiger charge is 2.11. The molecule has 2 aromatic rings. The van der Waals surface area contributed by atoms with Crippen molar-refractivity contribution in [3.8, 4) is 0 Å². The molecule has 0 N–H and O–H groups in total. The fourth-order valence-corrected chi connectivity index (χ4v) is 7.45. The largest absolute Gasteiger partial charge is 0.133 e. The molecular weight excluding hydrogens is 353 g/mol. The van der Waals surface area contributed by atoms with Gasteiger partial charge in [0.2, 0.25) is 0 Å². The van der Waals surface area contributed by atoms with Crippen molar-refractivity contribution in [1.82, 2.24) is 0 Å². The highest BCUT2D eigenvalue weighted by molar-refractivity contribution is 8.04. The van der Waals surface area contributed by atoms with Crippen LogP contribution >= 0.6 is 58.0 Å². The molecule has 0 spiro atoms. The minimum atomic E-state index is 1.14. The van der Waals surface area contributed by atoms with E-state index in [0.29, 0.717) is 0 Å². The normalized spacial score (nSPS) is 10.9. The third-order valence-corrected chi connectivity index (χ3v) is 8.04. The molecule has 0 atom stereocenters. The fraction of sp³-hybridized carbons (Fsp3) is 0.250. The van der Waals surface area contributed by atoms with Crippen LogP contribution in [0, 0.1) is 13.8 Å². The lowest BCUT2D eigenvalue weighted by atomic mass is 10.5. The Bertz CT molecular complexity index is 617. The van der Waals surface area contributed by atoms with Gasteiger partial charge in [0.15, 0.2) is 0 Å². The van der Waals surface area contributed by atoms with Gasteiger partial charge in [0.1, 0.15) is 0 Å². The lowest BCUT2D eigenvalue weighted by molar-refractivity contribution is 1.39. The summed E-state index contributed by atoms with van der Waals surface area (Å²) in [6.07, 6.45) is 0. The van der Waals surface area contributed by atoms with Crippen molar-refractivity contribution in [2.75, 3.05) is 0 Å². The summed E-state index contributed by atoms with van der Waals surface area (Å²) in [5, 5.41) is 0. The quantitative estimate of drug-likeness (QED) is 0.475. The van der Waals surface area contributed by atoms with Gasteiger partial charge < -0.3 is 0 Å². The Morgan fingerprint density at radius 1 is 0.857 bits per heavy atom. The van der Waals surface area contributed by atoms with Crippen LogP contribution in [-0.2, 0) is 0 Å². The number of aryl methyl sites for hydroxylation is 2. The smallest absolute Gasteiger partial charge is 0.0668 e. The van der Waals surface area contributed by atoms with Crippen LogP contribution in [0.1, 0.15) is 23.6 Å². The van der Waals surface area contributed by atoms with Gasteiger partial charge in [-0.25, -0.2) is 0 Å². The summed E-state index contributed by atoms with van der Waals surface area (Å²) in [5.74, 6) is 0. The molecule has 0 amide bonds. The van der Waals surface area contributed by atoms with Crippen molar-refractivity contribution >= 4 is 58.0 Å². The third-order valence-electron chi connectivity index (χ3n) is 2.47. The molecule has 21 heavy (non-hydrogen) atoms. The summed E-state index contributed by atoms with van der Waals surface area (Å²) >= 11 is 9.12. The van der Waals surface area contributed by atoms with E-state index in [-0.39, 0.29) is 0 Å². The molecule has 0 saturated carbocycles. The zero-order valence-electron chi connectivity index (χ0n) is 12.6. The maximum Gasteiger partial charge on any atom is 0.0668 e. The monoisotopic (exact) mass is 370 g/mol. The van der Waals surface area contributed by atoms with E-state index in [1.54, 1.807) is 23.5 Å². The first-order valence-corrected chi connectivity index (χ1v) is 10.5. The number of thiophene rings is 2. The third kappa shape index (κ3) is 4.96. The number of hydrogen-bond donors (Lipinski definition) is 0.